The predicted octanol–water partition coefficient (Wildman–Crippen LogP) is 3.90. The summed E-state index contributed by atoms with van der Waals surface area (Å²) in [7, 11) is 1.47. The second kappa shape index (κ2) is 5.69. The number of hydrogen-bond donors (Lipinski definition) is 1. The number of benzene rings is 1. The summed E-state index contributed by atoms with van der Waals surface area (Å²) in [4.78, 5) is 4.29. The van der Waals surface area contributed by atoms with Gasteiger partial charge in [-0.25, -0.2) is 9.37 Å². The molecule has 0 saturated heterocycles. The summed E-state index contributed by atoms with van der Waals surface area (Å²) in [5, 5.41) is 10.4. The molecule has 2 N–H and O–H groups in total. The summed E-state index contributed by atoms with van der Waals surface area (Å²) >= 11 is 5.99. The summed E-state index contributed by atoms with van der Waals surface area (Å²) in [6.07, 6.45) is 1.46. The van der Waals surface area contributed by atoms with Crippen LogP contribution in [0.25, 0.3) is 16.7 Å². The van der Waals surface area contributed by atoms with Gasteiger partial charge in [0.05, 0.1) is 17.8 Å². The molecule has 0 saturated carbocycles. The van der Waals surface area contributed by atoms with Crippen LogP contribution in [-0.4, -0.2) is 16.7 Å². The van der Waals surface area contributed by atoms with Crippen molar-refractivity contribution in [1.82, 2.24) is 9.55 Å². The highest BCUT2D eigenvalue weighted by Crippen LogP contribution is 2.37. The first-order valence-electron chi connectivity index (χ1n) is 7.10. The first kappa shape index (κ1) is 16.1. The molecular weight excluding hydrogens is 331 g/mol. The Balaban J connectivity index is 2.51. The van der Waals surface area contributed by atoms with E-state index in [0.717, 1.165) is 0 Å². The van der Waals surface area contributed by atoms with Gasteiger partial charge in [0.1, 0.15) is 34.7 Å². The molecule has 0 bridgehead atoms. The van der Waals surface area contributed by atoms with Gasteiger partial charge >= 0.3 is 0 Å². The molecule has 122 valence electrons. The molecule has 5 nitrogen and oxygen atoms in total. The smallest absolute Gasteiger partial charge is 0.147 e. The van der Waals surface area contributed by atoms with E-state index in [0.29, 0.717) is 38.6 Å². The van der Waals surface area contributed by atoms with E-state index in [4.69, 9.17) is 22.1 Å². The van der Waals surface area contributed by atoms with Gasteiger partial charge in [-0.1, -0.05) is 11.6 Å². The fraction of sp³-hybridized carbons (Fsp3) is 0.176. The zero-order valence-corrected chi connectivity index (χ0v) is 14.1. The molecular formula is C17H14ClFN4O. The molecule has 1 aromatic carbocycles. The zero-order valence-electron chi connectivity index (χ0n) is 13.3. The minimum Gasteiger partial charge on any atom is -0.496 e. The van der Waals surface area contributed by atoms with Crippen molar-refractivity contribution in [3.63, 3.8) is 0 Å². The third-order valence-corrected chi connectivity index (χ3v) is 4.27. The number of methoxy groups -OCH3 is 1. The molecule has 0 spiro atoms. The summed E-state index contributed by atoms with van der Waals surface area (Å²) in [5.74, 6) is 0.143. The van der Waals surface area contributed by atoms with Crippen molar-refractivity contribution in [2.75, 3.05) is 12.8 Å². The number of rotatable bonds is 2. The highest BCUT2D eigenvalue weighted by Gasteiger charge is 2.23. The maximum Gasteiger partial charge on any atom is 0.147 e. The Hall–Kier alpha value is -2.78. The van der Waals surface area contributed by atoms with Gasteiger partial charge in [0, 0.05) is 28.8 Å². The maximum atomic E-state index is 14.3. The van der Waals surface area contributed by atoms with Gasteiger partial charge < -0.3 is 10.5 Å². The molecule has 0 aliphatic rings. The highest BCUT2D eigenvalue weighted by molar-refractivity contribution is 6.31. The average Bonchev–Trinajstić information content (AvgIpc) is 2.82. The SMILES string of the molecule is COc1cc(F)c(C)c(-n2c(N)c(C#N)c3cc(Cl)cnc32)c1C. The number of anilines is 1. The van der Waals surface area contributed by atoms with Crippen LogP contribution in [0.2, 0.25) is 5.02 Å². The van der Waals surface area contributed by atoms with Gasteiger partial charge in [-0.15, -0.1) is 0 Å². The van der Waals surface area contributed by atoms with Crippen molar-refractivity contribution in [2.45, 2.75) is 13.8 Å². The molecule has 0 atom stereocenters. The number of hydrogen-bond acceptors (Lipinski definition) is 4. The number of fused-ring (bicyclic) bond motifs is 1. The Labute approximate surface area is 143 Å². The standard InChI is InChI=1S/C17H14ClFN4O/c1-8-13(19)5-14(24-3)9(2)15(8)23-16(21)12(6-20)11-4-10(18)7-22-17(11)23/h4-5,7H,21H2,1-3H3. The minimum atomic E-state index is -0.429. The van der Waals surface area contributed by atoms with Gasteiger partial charge in [0.25, 0.3) is 0 Å². The van der Waals surface area contributed by atoms with Gasteiger partial charge in [0.15, 0.2) is 0 Å². The van der Waals surface area contributed by atoms with Crippen LogP contribution in [-0.2, 0) is 0 Å². The third kappa shape index (κ3) is 2.17. The van der Waals surface area contributed by atoms with Gasteiger partial charge in [-0.05, 0) is 19.9 Å². The molecule has 2 aromatic heterocycles. The maximum absolute atomic E-state index is 14.3. The van der Waals surface area contributed by atoms with Crippen LogP contribution < -0.4 is 10.5 Å². The molecule has 0 amide bonds. The second-order valence-corrected chi connectivity index (χ2v) is 5.83. The molecule has 0 fully saturated rings. The molecule has 0 aliphatic carbocycles. The van der Waals surface area contributed by atoms with Gasteiger partial charge in [0.2, 0.25) is 0 Å². The Morgan fingerprint density at radius 1 is 1.33 bits per heavy atom. The molecule has 3 rings (SSSR count). The lowest BCUT2D eigenvalue weighted by molar-refractivity contribution is 0.407. The van der Waals surface area contributed by atoms with Crippen molar-refractivity contribution >= 4 is 28.5 Å². The predicted molar refractivity (Wildman–Crippen MR) is 91.2 cm³/mol. The van der Waals surface area contributed by atoms with Crippen LogP contribution in [0, 0.1) is 31.0 Å². The largest absolute Gasteiger partial charge is 0.496 e. The van der Waals surface area contributed by atoms with Crippen LogP contribution in [0.3, 0.4) is 0 Å². The highest BCUT2D eigenvalue weighted by atomic mass is 35.5. The second-order valence-electron chi connectivity index (χ2n) is 5.39. The van der Waals surface area contributed by atoms with Crippen molar-refractivity contribution in [2.24, 2.45) is 0 Å². The van der Waals surface area contributed by atoms with Crippen LogP contribution in [0.4, 0.5) is 10.2 Å². The molecule has 7 heteroatoms. The number of halogens is 2. The molecule has 0 unspecified atom stereocenters. The van der Waals surface area contributed by atoms with E-state index < -0.39 is 5.82 Å². The third-order valence-electron chi connectivity index (χ3n) is 4.06. The van der Waals surface area contributed by atoms with E-state index in [-0.39, 0.29) is 11.4 Å². The Bertz CT molecular complexity index is 1020. The lowest BCUT2D eigenvalue weighted by Gasteiger charge is -2.17. The molecule has 24 heavy (non-hydrogen) atoms. The first-order chi connectivity index (χ1) is 11.4. The number of pyridine rings is 1. The van der Waals surface area contributed by atoms with Crippen molar-refractivity contribution in [3.05, 3.63) is 45.9 Å². The number of nitrogens with zero attached hydrogens (tertiary/aromatic N) is 3. The molecule has 3 aromatic rings. The number of nitrogen functional groups attached to an aromatic ring is 1. The van der Waals surface area contributed by atoms with Crippen LogP contribution in [0.5, 0.6) is 5.75 Å². The average molecular weight is 345 g/mol. The monoisotopic (exact) mass is 344 g/mol. The first-order valence-corrected chi connectivity index (χ1v) is 7.48. The van der Waals surface area contributed by atoms with E-state index in [1.807, 2.05) is 0 Å². The van der Waals surface area contributed by atoms with Crippen molar-refractivity contribution < 1.29 is 9.13 Å². The van der Waals surface area contributed by atoms with Crippen molar-refractivity contribution in [3.8, 4) is 17.5 Å². The Morgan fingerprint density at radius 2 is 2.04 bits per heavy atom. The zero-order chi connectivity index (χ0) is 17.6. The summed E-state index contributed by atoms with van der Waals surface area (Å²) in [6, 6.07) is 5.01. The van der Waals surface area contributed by atoms with Gasteiger partial charge in [-0.2, -0.15) is 5.26 Å². The number of nitriles is 1. The lowest BCUT2D eigenvalue weighted by Crippen LogP contribution is -2.08. The minimum absolute atomic E-state index is 0.182. The summed E-state index contributed by atoms with van der Waals surface area (Å²) in [5.41, 5.74) is 8.46. The Morgan fingerprint density at radius 3 is 2.67 bits per heavy atom. The summed E-state index contributed by atoms with van der Waals surface area (Å²) < 4.78 is 21.2. The van der Waals surface area contributed by atoms with Crippen LogP contribution >= 0.6 is 11.6 Å². The number of nitrogens with two attached hydrogens (primary N) is 1. The molecule has 0 aliphatic heterocycles. The lowest BCUT2D eigenvalue weighted by atomic mass is 10.1. The van der Waals surface area contributed by atoms with E-state index in [9.17, 15) is 9.65 Å². The van der Waals surface area contributed by atoms with Crippen LogP contribution in [0.15, 0.2) is 18.3 Å². The summed E-state index contributed by atoms with van der Waals surface area (Å²) in [6.45, 7) is 3.44. The van der Waals surface area contributed by atoms with E-state index in [1.165, 1.54) is 19.4 Å². The van der Waals surface area contributed by atoms with Crippen molar-refractivity contribution in [1.29, 1.82) is 5.26 Å². The van der Waals surface area contributed by atoms with E-state index >= 15 is 0 Å². The quantitative estimate of drug-likeness (QED) is 0.765. The van der Waals surface area contributed by atoms with E-state index in [1.54, 1.807) is 24.5 Å². The fourth-order valence-electron chi connectivity index (χ4n) is 2.89. The normalized spacial score (nSPS) is 10.8. The molecule has 0 radical (unpaired) electrons. The number of aromatic nitrogens is 2. The molecule has 2 heterocycles. The van der Waals surface area contributed by atoms with Gasteiger partial charge in [-0.3, -0.25) is 4.57 Å². The number of ether oxygens (including phenoxy) is 1. The van der Waals surface area contributed by atoms with E-state index in [2.05, 4.69) is 11.1 Å². The van der Waals surface area contributed by atoms with Crippen LogP contribution in [0.1, 0.15) is 16.7 Å². The fourth-order valence-corrected chi connectivity index (χ4v) is 3.05. The Kier molecular flexibility index (Phi) is 3.82. The topological polar surface area (TPSA) is 76.9 Å².